The predicted molar refractivity (Wildman–Crippen MR) is 71.6 cm³/mol. The SMILES string of the molecule is CCn1cc(-c2ccccc2)c2c1CCNC2=O. The van der Waals surface area contributed by atoms with E-state index in [0.29, 0.717) is 0 Å². The summed E-state index contributed by atoms with van der Waals surface area (Å²) in [6.07, 6.45) is 3.02. The Bertz CT molecular complexity index is 584. The molecule has 3 heteroatoms. The number of hydrogen-bond acceptors (Lipinski definition) is 1. The number of amides is 1. The van der Waals surface area contributed by atoms with Crippen molar-refractivity contribution in [2.24, 2.45) is 0 Å². The molecule has 2 heterocycles. The maximum Gasteiger partial charge on any atom is 0.253 e. The molecular formula is C15H16N2O. The van der Waals surface area contributed by atoms with Crippen LogP contribution in [-0.4, -0.2) is 17.0 Å². The second-order valence-electron chi connectivity index (χ2n) is 4.52. The monoisotopic (exact) mass is 240 g/mol. The van der Waals surface area contributed by atoms with Gasteiger partial charge in [0.1, 0.15) is 0 Å². The lowest BCUT2D eigenvalue weighted by Crippen LogP contribution is -2.32. The average Bonchev–Trinajstić information content (AvgIpc) is 2.80. The molecule has 2 aromatic rings. The van der Waals surface area contributed by atoms with Crippen LogP contribution in [0.3, 0.4) is 0 Å². The van der Waals surface area contributed by atoms with E-state index in [1.54, 1.807) is 0 Å². The van der Waals surface area contributed by atoms with Gasteiger partial charge in [-0.25, -0.2) is 0 Å². The molecule has 3 nitrogen and oxygen atoms in total. The summed E-state index contributed by atoms with van der Waals surface area (Å²) in [6, 6.07) is 10.1. The third kappa shape index (κ3) is 1.63. The topological polar surface area (TPSA) is 34.0 Å². The van der Waals surface area contributed by atoms with E-state index >= 15 is 0 Å². The number of carbonyl (C=O) groups is 1. The van der Waals surface area contributed by atoms with Gasteiger partial charge >= 0.3 is 0 Å². The van der Waals surface area contributed by atoms with Crippen LogP contribution in [0.15, 0.2) is 36.5 Å². The van der Waals surface area contributed by atoms with Crippen molar-refractivity contribution in [1.29, 1.82) is 0 Å². The summed E-state index contributed by atoms with van der Waals surface area (Å²) in [5, 5.41) is 2.93. The third-order valence-electron chi connectivity index (χ3n) is 3.49. The molecule has 0 spiro atoms. The van der Waals surface area contributed by atoms with E-state index < -0.39 is 0 Å². The molecule has 0 saturated carbocycles. The molecule has 1 aromatic heterocycles. The highest BCUT2D eigenvalue weighted by Gasteiger charge is 2.25. The van der Waals surface area contributed by atoms with Crippen LogP contribution in [0.2, 0.25) is 0 Å². The zero-order chi connectivity index (χ0) is 12.5. The van der Waals surface area contributed by atoms with Crippen LogP contribution in [0, 0.1) is 0 Å². The number of fused-ring (bicyclic) bond motifs is 1. The molecule has 1 aliphatic rings. The minimum absolute atomic E-state index is 0.0577. The molecule has 3 rings (SSSR count). The van der Waals surface area contributed by atoms with Crippen molar-refractivity contribution in [2.75, 3.05) is 6.54 Å². The second-order valence-corrected chi connectivity index (χ2v) is 4.52. The van der Waals surface area contributed by atoms with Gasteiger partial charge in [-0.1, -0.05) is 30.3 Å². The molecule has 1 N–H and O–H groups in total. The van der Waals surface area contributed by atoms with Gasteiger partial charge < -0.3 is 9.88 Å². The van der Waals surface area contributed by atoms with Crippen molar-refractivity contribution in [3.8, 4) is 11.1 Å². The number of nitrogens with zero attached hydrogens (tertiary/aromatic N) is 1. The normalized spacial score (nSPS) is 14.2. The highest BCUT2D eigenvalue weighted by atomic mass is 16.1. The van der Waals surface area contributed by atoms with E-state index in [1.165, 1.54) is 5.69 Å². The first-order valence-corrected chi connectivity index (χ1v) is 6.37. The largest absolute Gasteiger partial charge is 0.352 e. The smallest absolute Gasteiger partial charge is 0.253 e. The third-order valence-corrected chi connectivity index (χ3v) is 3.49. The zero-order valence-electron chi connectivity index (χ0n) is 10.4. The highest BCUT2D eigenvalue weighted by Crippen LogP contribution is 2.30. The molecule has 0 aliphatic carbocycles. The molecule has 0 radical (unpaired) electrons. The van der Waals surface area contributed by atoms with Crippen molar-refractivity contribution >= 4 is 5.91 Å². The van der Waals surface area contributed by atoms with Crippen molar-refractivity contribution in [3.05, 3.63) is 47.8 Å². The number of rotatable bonds is 2. The van der Waals surface area contributed by atoms with Crippen molar-refractivity contribution in [1.82, 2.24) is 9.88 Å². The Hall–Kier alpha value is -2.03. The molecule has 0 bridgehead atoms. The molecule has 1 amide bonds. The van der Waals surface area contributed by atoms with Crippen LogP contribution in [-0.2, 0) is 13.0 Å². The number of nitrogens with one attached hydrogen (secondary N) is 1. The van der Waals surface area contributed by atoms with E-state index in [-0.39, 0.29) is 5.91 Å². The molecule has 0 fully saturated rings. The van der Waals surface area contributed by atoms with Gasteiger partial charge in [0.2, 0.25) is 0 Å². The molecule has 1 aliphatic heterocycles. The Balaban J connectivity index is 2.21. The van der Waals surface area contributed by atoms with Gasteiger partial charge in [0.15, 0.2) is 0 Å². The molecule has 18 heavy (non-hydrogen) atoms. The first kappa shape index (κ1) is 11.1. The lowest BCUT2D eigenvalue weighted by Gasteiger charge is -2.16. The summed E-state index contributed by atoms with van der Waals surface area (Å²) in [4.78, 5) is 12.1. The van der Waals surface area contributed by atoms with Crippen LogP contribution in [0.1, 0.15) is 23.0 Å². The summed E-state index contributed by atoms with van der Waals surface area (Å²) in [5.74, 6) is 0.0577. The lowest BCUT2D eigenvalue weighted by molar-refractivity contribution is 0.0946. The van der Waals surface area contributed by atoms with E-state index in [9.17, 15) is 4.79 Å². The van der Waals surface area contributed by atoms with Gasteiger partial charge in [-0.2, -0.15) is 0 Å². The van der Waals surface area contributed by atoms with Crippen molar-refractivity contribution < 1.29 is 4.79 Å². The Labute approximate surface area is 106 Å². The maximum absolute atomic E-state index is 12.1. The highest BCUT2D eigenvalue weighted by molar-refractivity contribution is 6.03. The standard InChI is InChI=1S/C15H16N2O/c1-2-17-10-12(11-6-4-3-5-7-11)14-13(17)8-9-16-15(14)18/h3-7,10H,2,8-9H2,1H3,(H,16,18). The maximum atomic E-state index is 12.1. The minimum Gasteiger partial charge on any atom is -0.352 e. The van der Waals surface area contributed by atoms with Gasteiger partial charge in [0.05, 0.1) is 5.56 Å². The summed E-state index contributed by atoms with van der Waals surface area (Å²) < 4.78 is 2.19. The second kappa shape index (κ2) is 4.33. The van der Waals surface area contributed by atoms with Gasteiger partial charge in [-0.15, -0.1) is 0 Å². The summed E-state index contributed by atoms with van der Waals surface area (Å²) in [5.41, 5.74) is 4.18. The number of carbonyl (C=O) groups excluding carboxylic acids is 1. The van der Waals surface area contributed by atoms with Crippen LogP contribution < -0.4 is 5.32 Å². The lowest BCUT2D eigenvalue weighted by atomic mass is 9.99. The summed E-state index contributed by atoms with van der Waals surface area (Å²) >= 11 is 0. The zero-order valence-corrected chi connectivity index (χ0v) is 10.4. The molecule has 92 valence electrons. The Morgan fingerprint density at radius 3 is 2.78 bits per heavy atom. The van der Waals surface area contributed by atoms with Gasteiger partial charge in [-0.05, 0) is 12.5 Å². The van der Waals surface area contributed by atoms with Crippen molar-refractivity contribution in [3.63, 3.8) is 0 Å². The van der Waals surface area contributed by atoms with Crippen LogP contribution in [0.5, 0.6) is 0 Å². The van der Waals surface area contributed by atoms with Crippen LogP contribution in [0.4, 0.5) is 0 Å². The molecule has 0 unspecified atom stereocenters. The van der Waals surface area contributed by atoms with Crippen LogP contribution in [0.25, 0.3) is 11.1 Å². The van der Waals surface area contributed by atoms with E-state index in [1.807, 2.05) is 18.2 Å². The van der Waals surface area contributed by atoms with E-state index in [0.717, 1.165) is 36.2 Å². The Morgan fingerprint density at radius 1 is 1.28 bits per heavy atom. The fraction of sp³-hybridized carbons (Fsp3) is 0.267. The number of benzene rings is 1. The first-order chi connectivity index (χ1) is 8.81. The number of aryl methyl sites for hydroxylation is 1. The van der Waals surface area contributed by atoms with E-state index in [2.05, 4.69) is 35.1 Å². The fourth-order valence-electron chi connectivity index (χ4n) is 2.62. The van der Waals surface area contributed by atoms with Crippen LogP contribution >= 0.6 is 0 Å². The summed E-state index contributed by atoms with van der Waals surface area (Å²) in [6.45, 7) is 3.76. The minimum atomic E-state index is 0.0577. The van der Waals surface area contributed by atoms with Crippen molar-refractivity contribution in [2.45, 2.75) is 19.9 Å². The summed E-state index contributed by atoms with van der Waals surface area (Å²) in [7, 11) is 0. The quantitative estimate of drug-likeness (QED) is 0.859. The fourth-order valence-corrected chi connectivity index (χ4v) is 2.62. The Kier molecular flexibility index (Phi) is 2.67. The van der Waals surface area contributed by atoms with Gasteiger partial charge in [0, 0.05) is 37.0 Å². The van der Waals surface area contributed by atoms with Gasteiger partial charge in [0.25, 0.3) is 5.91 Å². The Morgan fingerprint density at radius 2 is 2.06 bits per heavy atom. The molecule has 0 atom stereocenters. The molecule has 1 aromatic carbocycles. The van der Waals surface area contributed by atoms with Gasteiger partial charge in [-0.3, -0.25) is 4.79 Å². The number of hydrogen-bond donors (Lipinski definition) is 1. The predicted octanol–water partition coefficient (Wildman–Crippen LogP) is 2.46. The first-order valence-electron chi connectivity index (χ1n) is 6.37. The van der Waals surface area contributed by atoms with E-state index in [4.69, 9.17) is 0 Å². The molecular weight excluding hydrogens is 224 g/mol. The molecule has 0 saturated heterocycles. The average molecular weight is 240 g/mol. The number of aromatic nitrogens is 1.